The largest absolute Gasteiger partial charge is 0.325 e. The summed E-state index contributed by atoms with van der Waals surface area (Å²) in [4.78, 5) is 12.6. The summed E-state index contributed by atoms with van der Waals surface area (Å²) in [5.74, 6) is -0.437. The van der Waals surface area contributed by atoms with E-state index in [0.717, 1.165) is 16.3 Å². The second-order valence-corrected chi connectivity index (χ2v) is 8.61. The van der Waals surface area contributed by atoms with E-state index in [1.807, 2.05) is 19.1 Å². The van der Waals surface area contributed by atoms with Gasteiger partial charge in [-0.15, -0.1) is 12.4 Å². The molecule has 0 spiro atoms. The predicted molar refractivity (Wildman–Crippen MR) is 94.4 cm³/mol. The van der Waals surface area contributed by atoms with Crippen LogP contribution in [0.15, 0.2) is 22.7 Å². The molecule has 1 fully saturated rings. The lowest BCUT2D eigenvalue weighted by Crippen LogP contribution is -2.55. The zero-order chi connectivity index (χ0) is 15.7. The van der Waals surface area contributed by atoms with E-state index in [1.54, 1.807) is 6.07 Å². The molecule has 0 aromatic heterocycles. The van der Waals surface area contributed by atoms with Crippen LogP contribution in [0.1, 0.15) is 18.4 Å². The lowest BCUT2D eigenvalue weighted by atomic mass is 9.95. The van der Waals surface area contributed by atoms with E-state index in [-0.39, 0.29) is 12.4 Å². The first-order valence-corrected chi connectivity index (χ1v) is 9.43. The number of rotatable bonds is 3. The monoisotopic (exact) mass is 410 g/mol. The smallest absolute Gasteiger partial charge is 0.245 e. The van der Waals surface area contributed by atoms with E-state index in [4.69, 9.17) is 0 Å². The average Bonchev–Trinajstić information content (AvgIpc) is 2.42. The number of sulfone groups is 1. The summed E-state index contributed by atoms with van der Waals surface area (Å²) in [6.45, 7) is 2.97. The molecule has 2 rings (SSSR count). The van der Waals surface area contributed by atoms with Crippen LogP contribution in [0.4, 0.5) is 5.69 Å². The molecule has 124 valence electrons. The van der Waals surface area contributed by atoms with Crippen LogP contribution < -0.4 is 10.6 Å². The topological polar surface area (TPSA) is 75.3 Å². The molecule has 1 saturated heterocycles. The normalized spacial score (nSPS) is 17.4. The van der Waals surface area contributed by atoms with Crippen molar-refractivity contribution in [3.8, 4) is 0 Å². The van der Waals surface area contributed by atoms with Gasteiger partial charge in [-0.1, -0.05) is 15.9 Å². The van der Waals surface area contributed by atoms with Crippen molar-refractivity contribution in [2.75, 3.05) is 24.7 Å². The first kappa shape index (κ1) is 19.4. The zero-order valence-electron chi connectivity index (χ0n) is 12.5. The van der Waals surface area contributed by atoms with E-state index < -0.39 is 20.5 Å². The van der Waals surface area contributed by atoms with E-state index in [9.17, 15) is 13.2 Å². The molecule has 1 aliphatic heterocycles. The molecule has 0 radical (unpaired) electrons. The number of benzene rings is 1. The Hall–Kier alpha value is -0.630. The van der Waals surface area contributed by atoms with Gasteiger partial charge in [0.05, 0.1) is 0 Å². The molecule has 0 bridgehead atoms. The fourth-order valence-corrected chi connectivity index (χ4v) is 4.14. The fourth-order valence-electron chi connectivity index (χ4n) is 2.56. The van der Waals surface area contributed by atoms with E-state index >= 15 is 0 Å². The van der Waals surface area contributed by atoms with Crippen molar-refractivity contribution in [1.29, 1.82) is 0 Å². The van der Waals surface area contributed by atoms with Crippen molar-refractivity contribution in [2.45, 2.75) is 24.5 Å². The quantitative estimate of drug-likeness (QED) is 0.800. The van der Waals surface area contributed by atoms with Crippen LogP contribution in [-0.4, -0.2) is 38.4 Å². The highest BCUT2D eigenvalue weighted by Gasteiger charge is 2.48. The molecule has 1 aromatic rings. The van der Waals surface area contributed by atoms with Gasteiger partial charge in [0.1, 0.15) is 0 Å². The van der Waals surface area contributed by atoms with E-state index in [2.05, 4.69) is 26.6 Å². The maximum Gasteiger partial charge on any atom is 0.245 e. The third kappa shape index (κ3) is 3.82. The number of hydrogen-bond donors (Lipinski definition) is 2. The van der Waals surface area contributed by atoms with Crippen molar-refractivity contribution in [3.63, 3.8) is 0 Å². The van der Waals surface area contributed by atoms with Gasteiger partial charge in [0.25, 0.3) is 0 Å². The van der Waals surface area contributed by atoms with Crippen molar-refractivity contribution in [3.05, 3.63) is 28.2 Å². The zero-order valence-corrected chi connectivity index (χ0v) is 15.7. The van der Waals surface area contributed by atoms with Crippen LogP contribution in [0, 0.1) is 6.92 Å². The van der Waals surface area contributed by atoms with Gasteiger partial charge in [0.15, 0.2) is 14.6 Å². The summed E-state index contributed by atoms with van der Waals surface area (Å²) >= 11 is 3.40. The van der Waals surface area contributed by atoms with Gasteiger partial charge in [-0.2, -0.15) is 0 Å². The van der Waals surface area contributed by atoms with Crippen LogP contribution in [0.3, 0.4) is 0 Å². The van der Waals surface area contributed by atoms with Crippen molar-refractivity contribution >= 4 is 49.8 Å². The number of nitrogens with one attached hydrogen (secondary N) is 2. The highest BCUT2D eigenvalue weighted by atomic mass is 79.9. The average molecular weight is 412 g/mol. The molecule has 0 saturated carbocycles. The third-order valence-electron chi connectivity index (χ3n) is 3.95. The molecule has 1 aliphatic rings. The molecule has 5 nitrogen and oxygen atoms in total. The third-order valence-corrected chi connectivity index (χ3v) is 6.85. The molecule has 1 amide bonds. The predicted octanol–water partition coefficient (Wildman–Crippen LogP) is 2.28. The van der Waals surface area contributed by atoms with Gasteiger partial charge in [-0.3, -0.25) is 4.79 Å². The van der Waals surface area contributed by atoms with Crippen LogP contribution in [0.2, 0.25) is 0 Å². The number of carbonyl (C=O) groups excluding carboxylic acids is 1. The Morgan fingerprint density at radius 2 is 1.91 bits per heavy atom. The lowest BCUT2D eigenvalue weighted by molar-refractivity contribution is -0.119. The van der Waals surface area contributed by atoms with E-state index in [1.165, 1.54) is 0 Å². The molecule has 0 aliphatic carbocycles. The summed E-state index contributed by atoms with van der Waals surface area (Å²) in [6.07, 6.45) is 1.74. The van der Waals surface area contributed by atoms with Crippen LogP contribution in [-0.2, 0) is 14.6 Å². The number of amides is 1. The van der Waals surface area contributed by atoms with E-state index in [0.29, 0.717) is 31.6 Å². The minimum atomic E-state index is -3.49. The molecule has 0 unspecified atom stereocenters. The number of halogens is 2. The maximum atomic E-state index is 12.6. The summed E-state index contributed by atoms with van der Waals surface area (Å²) < 4.78 is 23.9. The Morgan fingerprint density at radius 3 is 2.41 bits per heavy atom. The first-order chi connectivity index (χ1) is 9.76. The standard InChI is InChI=1S/C14H19BrN2O3S.ClH/c1-10-9-11(3-4-12(10)15)17-13(18)14(21(2,19)20)5-7-16-8-6-14;/h3-4,9,16H,5-8H2,1-2H3,(H,17,18);1H. The Morgan fingerprint density at radius 1 is 1.32 bits per heavy atom. The number of aryl methyl sites for hydroxylation is 1. The number of carbonyl (C=O) groups is 1. The Balaban J connectivity index is 0.00000242. The molecule has 0 atom stereocenters. The van der Waals surface area contributed by atoms with Crippen LogP contribution >= 0.6 is 28.3 Å². The summed E-state index contributed by atoms with van der Waals surface area (Å²) in [7, 11) is -3.49. The highest BCUT2D eigenvalue weighted by molar-refractivity contribution is 9.10. The Labute approximate surface area is 145 Å². The molecule has 1 aromatic carbocycles. The molecule has 22 heavy (non-hydrogen) atoms. The molecule has 2 N–H and O–H groups in total. The lowest BCUT2D eigenvalue weighted by Gasteiger charge is -2.34. The Bertz CT molecular complexity index is 658. The van der Waals surface area contributed by atoms with Gasteiger partial charge in [-0.05, 0) is 56.6 Å². The minimum Gasteiger partial charge on any atom is -0.325 e. The van der Waals surface area contributed by atoms with Gasteiger partial charge in [0.2, 0.25) is 5.91 Å². The summed E-state index contributed by atoms with van der Waals surface area (Å²) in [5, 5.41) is 5.86. The van der Waals surface area contributed by atoms with Gasteiger partial charge < -0.3 is 10.6 Å². The fraction of sp³-hybridized carbons (Fsp3) is 0.500. The number of hydrogen-bond acceptors (Lipinski definition) is 4. The SMILES string of the molecule is Cc1cc(NC(=O)C2(S(C)(=O)=O)CCNCC2)ccc1Br.Cl. The van der Waals surface area contributed by atoms with Gasteiger partial charge in [0, 0.05) is 16.4 Å². The number of anilines is 1. The van der Waals surface area contributed by atoms with Gasteiger partial charge >= 0.3 is 0 Å². The summed E-state index contributed by atoms with van der Waals surface area (Å²) in [6, 6.07) is 5.41. The molecular weight excluding hydrogens is 392 g/mol. The summed E-state index contributed by atoms with van der Waals surface area (Å²) in [5.41, 5.74) is 1.59. The molecule has 1 heterocycles. The van der Waals surface area contributed by atoms with Crippen LogP contribution in [0.5, 0.6) is 0 Å². The second-order valence-electron chi connectivity index (χ2n) is 5.43. The molecular formula is C14H20BrClN2O3S. The second kappa shape index (κ2) is 7.29. The van der Waals surface area contributed by atoms with Crippen molar-refractivity contribution in [1.82, 2.24) is 5.32 Å². The Kier molecular flexibility index (Phi) is 6.44. The van der Waals surface area contributed by atoms with Crippen LogP contribution in [0.25, 0.3) is 0 Å². The highest BCUT2D eigenvalue weighted by Crippen LogP contribution is 2.30. The van der Waals surface area contributed by atoms with Gasteiger partial charge in [-0.25, -0.2) is 8.42 Å². The molecule has 8 heteroatoms. The minimum absolute atomic E-state index is 0. The van der Waals surface area contributed by atoms with Crippen molar-refractivity contribution < 1.29 is 13.2 Å². The van der Waals surface area contributed by atoms with Crippen molar-refractivity contribution in [2.24, 2.45) is 0 Å². The first-order valence-electron chi connectivity index (χ1n) is 6.74. The maximum absolute atomic E-state index is 12.6. The number of piperidine rings is 1.